The number of nitrogens with zero attached hydrogens (tertiary/aromatic N) is 5. The molecule has 1 aliphatic heterocycles. The highest BCUT2D eigenvalue weighted by Gasteiger charge is 2.58. The second-order valence-corrected chi connectivity index (χ2v) is 9.30. The van der Waals surface area contributed by atoms with Gasteiger partial charge in [-0.3, -0.25) is 4.40 Å². The van der Waals surface area contributed by atoms with Gasteiger partial charge in [0.05, 0.1) is 29.5 Å². The van der Waals surface area contributed by atoms with Crippen LogP contribution in [0.1, 0.15) is 36.7 Å². The van der Waals surface area contributed by atoms with Crippen molar-refractivity contribution in [2.45, 2.75) is 39.2 Å². The van der Waals surface area contributed by atoms with E-state index < -0.39 is 23.0 Å². The summed E-state index contributed by atoms with van der Waals surface area (Å²) in [6, 6.07) is 7.84. The van der Waals surface area contributed by atoms with Crippen molar-refractivity contribution in [3.63, 3.8) is 0 Å². The predicted molar refractivity (Wildman–Crippen MR) is 125 cm³/mol. The topological polar surface area (TPSA) is 55.5 Å². The molecular weight excluding hydrogens is 474 g/mol. The predicted octanol–water partition coefficient (Wildman–Crippen LogP) is 5.32. The number of hydrogen-bond donors (Lipinski definition) is 0. The number of alkyl halides is 2. The van der Waals surface area contributed by atoms with E-state index in [0.29, 0.717) is 47.5 Å². The van der Waals surface area contributed by atoms with Crippen LogP contribution in [0.15, 0.2) is 30.3 Å². The van der Waals surface area contributed by atoms with Gasteiger partial charge in [0, 0.05) is 30.3 Å². The van der Waals surface area contributed by atoms with E-state index in [0.717, 1.165) is 13.0 Å². The van der Waals surface area contributed by atoms with Crippen molar-refractivity contribution < 1.29 is 22.3 Å². The molecule has 4 aromatic rings. The highest BCUT2D eigenvalue weighted by atomic mass is 19.3. The summed E-state index contributed by atoms with van der Waals surface area (Å²) >= 11 is 0. The first kappa shape index (κ1) is 22.7. The van der Waals surface area contributed by atoms with Gasteiger partial charge in [-0.05, 0) is 44.0 Å². The first-order valence-corrected chi connectivity index (χ1v) is 11.6. The van der Waals surface area contributed by atoms with Gasteiger partial charge in [-0.25, -0.2) is 17.6 Å². The van der Waals surface area contributed by atoms with Crippen molar-refractivity contribution in [3.8, 4) is 11.8 Å². The molecule has 2 aromatic carbocycles. The number of rotatable bonds is 2. The Balaban J connectivity index is 1.56. The molecule has 0 amide bonds. The lowest BCUT2D eigenvalue weighted by atomic mass is 9.98. The zero-order valence-electron chi connectivity index (χ0n) is 19.6. The molecule has 1 fully saturated rings. The molecule has 0 bridgehead atoms. The molecule has 6 nitrogen and oxygen atoms in total. The molecule has 0 unspecified atom stereocenters. The van der Waals surface area contributed by atoms with E-state index in [-0.39, 0.29) is 30.2 Å². The fraction of sp³-hybridized carbons (Fsp3) is 0.346. The smallest absolute Gasteiger partial charge is 0.261 e. The quantitative estimate of drug-likeness (QED) is 0.278. The lowest BCUT2D eigenvalue weighted by Gasteiger charge is -2.25. The lowest BCUT2D eigenvalue weighted by molar-refractivity contribution is -0.0294. The van der Waals surface area contributed by atoms with Gasteiger partial charge in [0.1, 0.15) is 11.6 Å². The molecule has 0 spiro atoms. The fourth-order valence-electron chi connectivity index (χ4n) is 4.74. The molecule has 10 heteroatoms. The van der Waals surface area contributed by atoms with Gasteiger partial charge in [0.2, 0.25) is 0 Å². The molecule has 0 N–H and O–H groups in total. The van der Waals surface area contributed by atoms with Crippen LogP contribution in [-0.4, -0.2) is 38.7 Å². The van der Waals surface area contributed by atoms with Crippen molar-refractivity contribution in [2.75, 3.05) is 18.1 Å². The summed E-state index contributed by atoms with van der Waals surface area (Å²) in [5.74, 6) is 1.71. The number of ether oxygens (including phenoxy) is 1. The maximum Gasteiger partial charge on any atom is 0.261 e. The van der Waals surface area contributed by atoms with Crippen LogP contribution in [0.3, 0.4) is 0 Å². The third kappa shape index (κ3) is 3.41. The highest BCUT2D eigenvalue weighted by Crippen LogP contribution is 2.56. The van der Waals surface area contributed by atoms with Gasteiger partial charge in [-0.15, -0.1) is 10.2 Å². The molecule has 3 heterocycles. The molecular formula is C26H21F4N5O. The summed E-state index contributed by atoms with van der Waals surface area (Å²) in [6.45, 7) is 3.36. The number of aryl methyl sites for hydroxylation is 1. The van der Waals surface area contributed by atoms with Gasteiger partial charge >= 0.3 is 0 Å². The highest BCUT2D eigenvalue weighted by molar-refractivity contribution is 5.94. The Kier molecular flexibility index (Phi) is 4.99. The number of benzene rings is 2. The van der Waals surface area contributed by atoms with E-state index >= 15 is 4.39 Å². The minimum absolute atomic E-state index is 0.0164. The van der Waals surface area contributed by atoms with Crippen molar-refractivity contribution >= 4 is 28.2 Å². The lowest BCUT2D eigenvalue weighted by Crippen LogP contribution is -2.24. The summed E-state index contributed by atoms with van der Waals surface area (Å²) in [5.41, 5.74) is 0.911. The van der Waals surface area contributed by atoms with Crippen LogP contribution < -0.4 is 4.90 Å². The van der Waals surface area contributed by atoms with Gasteiger partial charge in [-0.1, -0.05) is 17.9 Å². The van der Waals surface area contributed by atoms with Gasteiger partial charge in [0.25, 0.3) is 11.7 Å². The van der Waals surface area contributed by atoms with E-state index in [2.05, 4.69) is 27.0 Å². The van der Waals surface area contributed by atoms with Gasteiger partial charge in [0.15, 0.2) is 11.6 Å². The Morgan fingerprint density at radius 1 is 1.11 bits per heavy atom. The Morgan fingerprint density at radius 3 is 2.67 bits per heavy atom. The van der Waals surface area contributed by atoms with Gasteiger partial charge < -0.3 is 9.64 Å². The summed E-state index contributed by atoms with van der Waals surface area (Å²) in [5, 5.41) is 8.12. The number of anilines is 2. The standard InChI is InChI=1S/C26H21F4N5O/c1-15-32-33-24-31-23(21-20(35(15)24)7-6-18(27)22(21)28)34-12-13-36-14-17-16(4-3-5-19(17)34)8-9-26(10-11-26)25(2,29)30/h3-7H,10-14H2,1-2H3. The van der Waals surface area contributed by atoms with Crippen LogP contribution >= 0.6 is 0 Å². The number of aromatic nitrogens is 4. The molecule has 1 aliphatic carbocycles. The molecule has 1 saturated carbocycles. The summed E-state index contributed by atoms with van der Waals surface area (Å²) in [7, 11) is 0. The molecule has 2 aromatic heterocycles. The Morgan fingerprint density at radius 2 is 1.92 bits per heavy atom. The van der Waals surface area contributed by atoms with Crippen LogP contribution in [0.25, 0.3) is 16.7 Å². The average molecular weight is 495 g/mol. The monoisotopic (exact) mass is 495 g/mol. The molecule has 36 heavy (non-hydrogen) atoms. The van der Waals surface area contributed by atoms with Crippen LogP contribution in [0.2, 0.25) is 0 Å². The maximum absolute atomic E-state index is 15.3. The minimum atomic E-state index is -2.90. The number of halogens is 4. The molecule has 0 saturated heterocycles. The summed E-state index contributed by atoms with van der Waals surface area (Å²) in [6.07, 6.45) is 0.694. The van der Waals surface area contributed by atoms with Crippen molar-refractivity contribution in [1.82, 2.24) is 19.6 Å². The maximum atomic E-state index is 15.3. The fourth-order valence-corrected chi connectivity index (χ4v) is 4.74. The van der Waals surface area contributed by atoms with E-state index in [1.165, 1.54) is 6.07 Å². The summed E-state index contributed by atoms with van der Waals surface area (Å²) in [4.78, 5) is 6.31. The SMILES string of the molecule is Cc1nnc2nc(N3CCOCc4c(C#CC5(C(C)(F)F)CC5)cccc43)c3c(F)c(F)ccc3n12. The van der Waals surface area contributed by atoms with Crippen molar-refractivity contribution in [1.29, 1.82) is 0 Å². The van der Waals surface area contributed by atoms with Crippen LogP contribution in [0.5, 0.6) is 0 Å². The average Bonchev–Trinajstić information content (AvgIpc) is 3.60. The molecule has 0 atom stereocenters. The van der Waals surface area contributed by atoms with Crippen molar-refractivity contribution in [3.05, 3.63) is 58.9 Å². The summed E-state index contributed by atoms with van der Waals surface area (Å²) < 4.78 is 65.2. The number of hydrogen-bond acceptors (Lipinski definition) is 5. The largest absolute Gasteiger partial charge is 0.375 e. The molecule has 2 aliphatic rings. The second-order valence-electron chi connectivity index (χ2n) is 9.30. The van der Waals surface area contributed by atoms with E-state index in [4.69, 9.17) is 4.74 Å². The van der Waals surface area contributed by atoms with Gasteiger partial charge in [-0.2, -0.15) is 4.98 Å². The first-order chi connectivity index (χ1) is 17.2. The van der Waals surface area contributed by atoms with E-state index in [9.17, 15) is 13.2 Å². The minimum Gasteiger partial charge on any atom is -0.375 e. The van der Waals surface area contributed by atoms with Crippen LogP contribution in [0.4, 0.5) is 29.1 Å². The Hall–Kier alpha value is -3.71. The second kappa shape index (κ2) is 7.90. The zero-order valence-corrected chi connectivity index (χ0v) is 19.6. The Labute approximate surface area is 203 Å². The molecule has 184 valence electrons. The van der Waals surface area contributed by atoms with Crippen molar-refractivity contribution in [2.24, 2.45) is 5.41 Å². The van der Waals surface area contributed by atoms with E-state index in [1.807, 2.05) is 0 Å². The molecule has 6 rings (SSSR count). The number of fused-ring (bicyclic) bond motifs is 4. The molecule has 0 radical (unpaired) electrons. The zero-order chi connectivity index (χ0) is 25.2. The van der Waals surface area contributed by atoms with Crippen LogP contribution in [0, 0.1) is 35.8 Å². The Bertz CT molecular complexity index is 1590. The first-order valence-electron chi connectivity index (χ1n) is 11.6. The normalized spacial score (nSPS) is 17.0. The third-order valence-electron chi connectivity index (χ3n) is 6.98. The third-order valence-corrected chi connectivity index (χ3v) is 6.98. The van der Waals surface area contributed by atoms with Crippen LogP contribution in [-0.2, 0) is 11.3 Å². The van der Waals surface area contributed by atoms with E-state index in [1.54, 1.807) is 34.4 Å².